The molecule has 1 amide bonds. The number of carbonyl (C=O) groups is 1. The topological polar surface area (TPSA) is 98.8 Å². The van der Waals surface area contributed by atoms with Crippen LogP contribution >= 0.6 is 31.9 Å². The molecule has 1 aliphatic heterocycles. The molecule has 1 aromatic carbocycles. The zero-order chi connectivity index (χ0) is 19.6. The van der Waals surface area contributed by atoms with Crippen molar-refractivity contribution in [3.63, 3.8) is 0 Å². The Morgan fingerprint density at radius 1 is 1.30 bits per heavy atom. The number of amides is 1. The number of halogens is 2. The molecule has 0 fully saturated rings. The summed E-state index contributed by atoms with van der Waals surface area (Å²) in [5.41, 5.74) is 7.35. The van der Waals surface area contributed by atoms with E-state index >= 15 is 0 Å². The Morgan fingerprint density at radius 2 is 2.07 bits per heavy atom. The number of aryl methyl sites for hydroxylation is 1. The molecule has 27 heavy (non-hydrogen) atoms. The molecule has 0 radical (unpaired) electrons. The van der Waals surface area contributed by atoms with Crippen molar-refractivity contribution in [3.8, 4) is 5.88 Å². The summed E-state index contributed by atoms with van der Waals surface area (Å²) < 4.78 is 12.4. The van der Waals surface area contributed by atoms with Crippen LogP contribution in [0.1, 0.15) is 18.1 Å². The van der Waals surface area contributed by atoms with Gasteiger partial charge in [-0.15, -0.1) is 0 Å². The van der Waals surface area contributed by atoms with Crippen LogP contribution in [0.5, 0.6) is 5.88 Å². The standard InChI is InChI=1S/C18H18Br2N4O3/c1-10-3-13(20)7-22-16(10)27-17(25)23-14-5-11(4-12(19)6-14)18(2)9-26-8-15(21)24-18/h3-7H,8-9H2,1-2H3,(H2,21,24)(H,23,25)/t18-/m0/s1. The maximum absolute atomic E-state index is 12.3. The van der Waals surface area contributed by atoms with Gasteiger partial charge in [-0.25, -0.2) is 9.78 Å². The molecule has 0 spiro atoms. The summed E-state index contributed by atoms with van der Waals surface area (Å²) in [6.07, 6.45) is 0.934. The number of hydrogen-bond acceptors (Lipinski definition) is 6. The molecule has 142 valence electrons. The van der Waals surface area contributed by atoms with E-state index in [4.69, 9.17) is 15.2 Å². The van der Waals surface area contributed by atoms with E-state index < -0.39 is 11.6 Å². The number of amidine groups is 1. The molecular formula is C18H18Br2N4O3. The highest BCUT2D eigenvalue weighted by molar-refractivity contribution is 9.10. The average molecular weight is 498 g/mol. The van der Waals surface area contributed by atoms with Gasteiger partial charge in [0.1, 0.15) is 18.0 Å². The van der Waals surface area contributed by atoms with E-state index in [1.165, 1.54) is 0 Å². The number of nitrogens with two attached hydrogens (primary N) is 1. The van der Waals surface area contributed by atoms with Crippen molar-refractivity contribution in [1.82, 2.24) is 4.98 Å². The van der Waals surface area contributed by atoms with Crippen LogP contribution in [-0.2, 0) is 10.3 Å². The molecule has 7 nitrogen and oxygen atoms in total. The van der Waals surface area contributed by atoms with E-state index in [-0.39, 0.29) is 5.88 Å². The number of nitrogens with one attached hydrogen (secondary N) is 1. The molecule has 1 aliphatic rings. The van der Waals surface area contributed by atoms with Crippen molar-refractivity contribution in [2.45, 2.75) is 19.4 Å². The predicted molar refractivity (Wildman–Crippen MR) is 110 cm³/mol. The van der Waals surface area contributed by atoms with Crippen molar-refractivity contribution in [1.29, 1.82) is 0 Å². The first-order valence-electron chi connectivity index (χ1n) is 8.09. The first-order chi connectivity index (χ1) is 12.7. The Hall–Kier alpha value is -1.97. The van der Waals surface area contributed by atoms with Crippen LogP contribution in [0.3, 0.4) is 0 Å². The van der Waals surface area contributed by atoms with E-state index in [1.54, 1.807) is 12.3 Å². The molecule has 1 aromatic heterocycles. The lowest BCUT2D eigenvalue weighted by atomic mass is 9.92. The van der Waals surface area contributed by atoms with Gasteiger partial charge in [0.25, 0.3) is 0 Å². The highest BCUT2D eigenvalue weighted by Crippen LogP contribution is 2.32. The molecule has 0 aliphatic carbocycles. The van der Waals surface area contributed by atoms with Gasteiger partial charge in [-0.3, -0.25) is 10.3 Å². The lowest BCUT2D eigenvalue weighted by Gasteiger charge is -2.30. The van der Waals surface area contributed by atoms with Gasteiger partial charge in [-0.05, 0) is 59.6 Å². The molecule has 2 aromatic rings. The van der Waals surface area contributed by atoms with Crippen LogP contribution in [0.25, 0.3) is 0 Å². The molecule has 1 atom stereocenters. The van der Waals surface area contributed by atoms with Crippen molar-refractivity contribution in [2.24, 2.45) is 10.7 Å². The van der Waals surface area contributed by atoms with Gasteiger partial charge >= 0.3 is 6.09 Å². The second kappa shape index (κ2) is 7.95. The largest absolute Gasteiger partial charge is 0.418 e. The molecule has 3 N–H and O–H groups in total. The first kappa shape index (κ1) is 19.8. The number of anilines is 1. The number of nitrogens with zero attached hydrogens (tertiary/aromatic N) is 2. The van der Waals surface area contributed by atoms with Gasteiger partial charge in [0.15, 0.2) is 0 Å². The SMILES string of the molecule is Cc1cc(Br)cnc1OC(=O)Nc1cc(Br)cc([C@]2(C)COCC(N)=N2)c1. The third-order valence-electron chi connectivity index (χ3n) is 3.98. The molecular weight excluding hydrogens is 480 g/mol. The molecule has 0 unspecified atom stereocenters. The summed E-state index contributed by atoms with van der Waals surface area (Å²) in [4.78, 5) is 20.9. The fourth-order valence-electron chi connectivity index (χ4n) is 2.72. The van der Waals surface area contributed by atoms with Gasteiger partial charge in [-0.1, -0.05) is 15.9 Å². The minimum atomic E-state index is -0.634. The summed E-state index contributed by atoms with van der Waals surface area (Å²) in [6.45, 7) is 4.46. The maximum Gasteiger partial charge on any atom is 0.418 e. The predicted octanol–water partition coefficient (Wildman–Crippen LogP) is 4.13. The zero-order valence-electron chi connectivity index (χ0n) is 14.8. The van der Waals surface area contributed by atoms with Crippen LogP contribution in [0.2, 0.25) is 0 Å². The molecule has 9 heteroatoms. The van der Waals surface area contributed by atoms with E-state index in [0.29, 0.717) is 24.7 Å². The summed E-state index contributed by atoms with van der Waals surface area (Å²) >= 11 is 6.79. The molecule has 3 rings (SSSR count). The van der Waals surface area contributed by atoms with Crippen molar-refractivity contribution < 1.29 is 14.3 Å². The van der Waals surface area contributed by atoms with Gasteiger partial charge in [-0.2, -0.15) is 0 Å². The van der Waals surface area contributed by atoms with E-state index in [2.05, 4.69) is 47.2 Å². The Kier molecular flexibility index (Phi) is 5.83. The van der Waals surface area contributed by atoms with Crippen LogP contribution < -0.4 is 15.8 Å². The minimum absolute atomic E-state index is 0.246. The highest BCUT2D eigenvalue weighted by atomic mass is 79.9. The molecule has 0 bridgehead atoms. The lowest BCUT2D eigenvalue weighted by molar-refractivity contribution is 0.106. The Labute approximate surface area is 173 Å². The van der Waals surface area contributed by atoms with Crippen molar-refractivity contribution in [3.05, 3.63) is 50.5 Å². The third-order valence-corrected chi connectivity index (χ3v) is 4.87. The number of carbonyl (C=O) groups excluding carboxylic acids is 1. The fourth-order valence-corrected chi connectivity index (χ4v) is 3.66. The van der Waals surface area contributed by atoms with Crippen LogP contribution in [-0.4, -0.2) is 30.1 Å². The minimum Gasteiger partial charge on any atom is -0.391 e. The van der Waals surface area contributed by atoms with Gasteiger partial charge in [0, 0.05) is 26.4 Å². The first-order valence-corrected chi connectivity index (χ1v) is 9.68. The van der Waals surface area contributed by atoms with E-state index in [0.717, 1.165) is 20.1 Å². The van der Waals surface area contributed by atoms with Gasteiger partial charge in [0.2, 0.25) is 5.88 Å². The van der Waals surface area contributed by atoms with Crippen LogP contribution in [0.15, 0.2) is 44.4 Å². The monoisotopic (exact) mass is 496 g/mol. The molecule has 0 saturated heterocycles. The smallest absolute Gasteiger partial charge is 0.391 e. The quantitative estimate of drug-likeness (QED) is 0.664. The second-order valence-corrected chi connectivity index (χ2v) is 8.22. The van der Waals surface area contributed by atoms with Crippen LogP contribution in [0, 0.1) is 6.92 Å². The molecule has 0 saturated carbocycles. The Bertz CT molecular complexity index is 919. The fraction of sp³-hybridized carbons (Fsp3) is 0.278. The third kappa shape index (κ3) is 4.85. The number of ether oxygens (including phenoxy) is 2. The number of hydrogen-bond donors (Lipinski definition) is 2. The van der Waals surface area contributed by atoms with Gasteiger partial charge in [0.05, 0.1) is 6.61 Å². The molecule has 2 heterocycles. The van der Waals surface area contributed by atoms with Crippen molar-refractivity contribution >= 4 is 49.5 Å². The number of pyridine rings is 1. The van der Waals surface area contributed by atoms with E-state index in [9.17, 15) is 4.79 Å². The lowest BCUT2D eigenvalue weighted by Crippen LogP contribution is -2.37. The second-order valence-electron chi connectivity index (χ2n) is 6.39. The maximum atomic E-state index is 12.3. The van der Waals surface area contributed by atoms with Crippen LogP contribution in [0.4, 0.5) is 10.5 Å². The summed E-state index contributed by atoms with van der Waals surface area (Å²) in [6, 6.07) is 7.33. The highest BCUT2D eigenvalue weighted by Gasteiger charge is 2.30. The Morgan fingerprint density at radius 3 is 2.78 bits per heavy atom. The summed E-state index contributed by atoms with van der Waals surface area (Å²) in [5, 5.41) is 2.72. The summed E-state index contributed by atoms with van der Waals surface area (Å²) in [7, 11) is 0. The number of rotatable bonds is 3. The number of aliphatic imine (C=N–C) groups is 1. The van der Waals surface area contributed by atoms with Crippen molar-refractivity contribution in [2.75, 3.05) is 18.5 Å². The summed E-state index contributed by atoms with van der Waals surface area (Å²) in [5.74, 6) is 0.686. The van der Waals surface area contributed by atoms with Gasteiger partial charge < -0.3 is 15.2 Å². The normalized spacial score (nSPS) is 19.3. The number of benzene rings is 1. The Balaban J connectivity index is 1.80. The zero-order valence-corrected chi connectivity index (χ0v) is 17.9. The number of aromatic nitrogens is 1. The van der Waals surface area contributed by atoms with E-state index in [1.807, 2.05) is 32.0 Å². The average Bonchev–Trinajstić information content (AvgIpc) is 2.56.